The number of carbonyl (C=O) groups is 1. The molecule has 0 atom stereocenters. The van der Waals surface area contributed by atoms with E-state index in [9.17, 15) is 13.2 Å². The fourth-order valence-electron chi connectivity index (χ4n) is 2.27. The maximum Gasteiger partial charge on any atom is 0.221 e. The minimum absolute atomic E-state index is 0.0973. The smallest absolute Gasteiger partial charge is 0.221 e. The average Bonchev–Trinajstić information content (AvgIpc) is 2.46. The lowest BCUT2D eigenvalue weighted by Crippen LogP contribution is -2.07. The Morgan fingerprint density at radius 3 is 2.14 bits per heavy atom. The number of rotatable bonds is 4. The van der Waals surface area contributed by atoms with Gasteiger partial charge in [-0.15, -0.1) is 0 Å². The second-order valence-electron chi connectivity index (χ2n) is 5.20. The summed E-state index contributed by atoms with van der Waals surface area (Å²) in [5, 5.41) is 2.81. The first-order valence-corrected chi connectivity index (χ1v) is 8.91. The first kappa shape index (κ1) is 16.2. The monoisotopic (exact) mass is 317 g/mol. The standard InChI is InChI=1S/C17H19NO3S/c1-4-13-11-15(7-10-17(13)18-12(2)19)14-5-8-16(9-6-14)22(3,20)21/h5-11H,4H2,1-3H3,(H,18,19). The number of amides is 1. The summed E-state index contributed by atoms with van der Waals surface area (Å²) in [5.74, 6) is -0.0973. The van der Waals surface area contributed by atoms with Crippen molar-refractivity contribution in [3.05, 3.63) is 48.0 Å². The first-order chi connectivity index (χ1) is 10.3. The van der Waals surface area contributed by atoms with Crippen LogP contribution in [0.3, 0.4) is 0 Å². The van der Waals surface area contributed by atoms with E-state index in [0.717, 1.165) is 28.8 Å². The van der Waals surface area contributed by atoms with E-state index >= 15 is 0 Å². The highest BCUT2D eigenvalue weighted by atomic mass is 32.2. The van der Waals surface area contributed by atoms with E-state index in [-0.39, 0.29) is 5.91 Å². The Morgan fingerprint density at radius 1 is 1.05 bits per heavy atom. The van der Waals surface area contributed by atoms with E-state index in [0.29, 0.717) is 4.90 Å². The van der Waals surface area contributed by atoms with Crippen LogP contribution in [0.25, 0.3) is 11.1 Å². The van der Waals surface area contributed by atoms with E-state index < -0.39 is 9.84 Å². The van der Waals surface area contributed by atoms with Crippen LogP contribution in [0.1, 0.15) is 19.4 Å². The van der Waals surface area contributed by atoms with E-state index in [4.69, 9.17) is 0 Å². The number of carbonyl (C=O) groups excluding carboxylic acids is 1. The molecule has 2 aromatic carbocycles. The molecule has 1 N–H and O–H groups in total. The molecule has 0 fully saturated rings. The van der Waals surface area contributed by atoms with Gasteiger partial charge in [-0.05, 0) is 47.4 Å². The molecule has 0 aliphatic heterocycles. The Balaban J connectivity index is 2.39. The van der Waals surface area contributed by atoms with Gasteiger partial charge >= 0.3 is 0 Å². The van der Waals surface area contributed by atoms with Crippen molar-refractivity contribution >= 4 is 21.4 Å². The van der Waals surface area contributed by atoms with Crippen LogP contribution >= 0.6 is 0 Å². The largest absolute Gasteiger partial charge is 0.326 e. The third kappa shape index (κ3) is 3.74. The second kappa shape index (κ2) is 6.32. The summed E-state index contributed by atoms with van der Waals surface area (Å²) < 4.78 is 23.0. The van der Waals surface area contributed by atoms with Gasteiger partial charge in [0.2, 0.25) is 5.91 Å². The summed E-state index contributed by atoms with van der Waals surface area (Å²) in [6.45, 7) is 3.51. The molecule has 2 aromatic rings. The summed E-state index contributed by atoms with van der Waals surface area (Å²) in [6, 6.07) is 12.6. The first-order valence-electron chi connectivity index (χ1n) is 7.02. The summed E-state index contributed by atoms with van der Waals surface area (Å²) in [7, 11) is -3.18. The number of hydrogen-bond donors (Lipinski definition) is 1. The Kier molecular flexibility index (Phi) is 4.66. The number of anilines is 1. The van der Waals surface area contributed by atoms with E-state index in [1.807, 2.05) is 25.1 Å². The molecule has 0 unspecified atom stereocenters. The molecule has 0 aromatic heterocycles. The quantitative estimate of drug-likeness (QED) is 0.941. The molecule has 5 heteroatoms. The van der Waals surface area contributed by atoms with Gasteiger partial charge in [-0.2, -0.15) is 0 Å². The van der Waals surface area contributed by atoms with Gasteiger partial charge in [-0.1, -0.05) is 25.1 Å². The van der Waals surface area contributed by atoms with Gasteiger partial charge in [0.05, 0.1) is 4.90 Å². The van der Waals surface area contributed by atoms with Crippen LogP contribution in [0.15, 0.2) is 47.4 Å². The fraction of sp³-hybridized carbons (Fsp3) is 0.235. The lowest BCUT2D eigenvalue weighted by molar-refractivity contribution is -0.114. The van der Waals surface area contributed by atoms with Crippen LogP contribution in [-0.4, -0.2) is 20.6 Å². The normalized spacial score (nSPS) is 11.2. The van der Waals surface area contributed by atoms with Crippen LogP contribution in [-0.2, 0) is 21.1 Å². The molecule has 0 aliphatic rings. The van der Waals surface area contributed by atoms with Gasteiger partial charge in [0.25, 0.3) is 0 Å². The van der Waals surface area contributed by atoms with Gasteiger partial charge in [0, 0.05) is 18.9 Å². The molecular weight excluding hydrogens is 298 g/mol. The number of aryl methyl sites for hydroxylation is 1. The zero-order valence-electron chi connectivity index (χ0n) is 12.9. The minimum Gasteiger partial charge on any atom is -0.326 e. The van der Waals surface area contributed by atoms with Crippen molar-refractivity contribution in [2.24, 2.45) is 0 Å². The molecule has 0 radical (unpaired) electrons. The zero-order chi connectivity index (χ0) is 16.3. The highest BCUT2D eigenvalue weighted by Crippen LogP contribution is 2.26. The topological polar surface area (TPSA) is 63.2 Å². The Morgan fingerprint density at radius 2 is 1.64 bits per heavy atom. The molecule has 0 aliphatic carbocycles. The molecule has 0 saturated heterocycles. The summed E-state index contributed by atoms with van der Waals surface area (Å²) in [6.07, 6.45) is 1.99. The Bertz CT molecular complexity index is 793. The van der Waals surface area contributed by atoms with Crippen molar-refractivity contribution in [3.63, 3.8) is 0 Å². The number of benzene rings is 2. The van der Waals surface area contributed by atoms with Crippen LogP contribution in [0.4, 0.5) is 5.69 Å². The summed E-state index contributed by atoms with van der Waals surface area (Å²) in [4.78, 5) is 11.5. The highest BCUT2D eigenvalue weighted by Gasteiger charge is 2.08. The molecule has 2 rings (SSSR count). The predicted molar refractivity (Wildman–Crippen MR) is 88.7 cm³/mol. The summed E-state index contributed by atoms with van der Waals surface area (Å²) >= 11 is 0. The van der Waals surface area contributed by atoms with Crippen LogP contribution in [0.5, 0.6) is 0 Å². The van der Waals surface area contributed by atoms with Crippen molar-refractivity contribution in [2.75, 3.05) is 11.6 Å². The Hall–Kier alpha value is -2.14. The number of nitrogens with one attached hydrogen (secondary N) is 1. The predicted octanol–water partition coefficient (Wildman–Crippen LogP) is 3.28. The van der Waals surface area contributed by atoms with E-state index in [1.54, 1.807) is 24.3 Å². The van der Waals surface area contributed by atoms with Gasteiger partial charge in [0.1, 0.15) is 0 Å². The van der Waals surface area contributed by atoms with Crippen molar-refractivity contribution < 1.29 is 13.2 Å². The maximum absolute atomic E-state index is 11.5. The average molecular weight is 317 g/mol. The highest BCUT2D eigenvalue weighted by molar-refractivity contribution is 7.90. The third-order valence-corrected chi connectivity index (χ3v) is 4.54. The SMILES string of the molecule is CCc1cc(-c2ccc(S(C)(=O)=O)cc2)ccc1NC(C)=O. The van der Waals surface area contributed by atoms with Crippen molar-refractivity contribution in [2.45, 2.75) is 25.2 Å². The lowest BCUT2D eigenvalue weighted by atomic mass is 10.0. The minimum atomic E-state index is -3.18. The van der Waals surface area contributed by atoms with Crippen LogP contribution in [0, 0.1) is 0 Å². The van der Waals surface area contributed by atoms with Crippen molar-refractivity contribution in [1.82, 2.24) is 0 Å². The molecule has 0 spiro atoms. The molecule has 0 bridgehead atoms. The van der Waals surface area contributed by atoms with Gasteiger partial charge in [0.15, 0.2) is 9.84 Å². The van der Waals surface area contributed by atoms with E-state index in [2.05, 4.69) is 5.32 Å². The maximum atomic E-state index is 11.5. The van der Waals surface area contributed by atoms with E-state index in [1.165, 1.54) is 13.2 Å². The van der Waals surface area contributed by atoms with Crippen LogP contribution in [0.2, 0.25) is 0 Å². The number of sulfone groups is 1. The Labute approximate surface area is 131 Å². The van der Waals surface area contributed by atoms with Gasteiger partial charge in [-0.25, -0.2) is 8.42 Å². The second-order valence-corrected chi connectivity index (χ2v) is 7.22. The summed E-state index contributed by atoms with van der Waals surface area (Å²) in [5.41, 5.74) is 3.79. The number of hydrogen-bond acceptors (Lipinski definition) is 3. The van der Waals surface area contributed by atoms with Crippen molar-refractivity contribution in [3.8, 4) is 11.1 Å². The molecule has 116 valence electrons. The molecule has 4 nitrogen and oxygen atoms in total. The molecule has 1 amide bonds. The van der Waals surface area contributed by atoms with Gasteiger partial charge in [-0.3, -0.25) is 4.79 Å². The molecule has 0 heterocycles. The third-order valence-electron chi connectivity index (χ3n) is 3.41. The zero-order valence-corrected chi connectivity index (χ0v) is 13.7. The molecule has 0 saturated carbocycles. The van der Waals surface area contributed by atoms with Crippen LogP contribution < -0.4 is 5.32 Å². The fourth-order valence-corrected chi connectivity index (χ4v) is 2.90. The van der Waals surface area contributed by atoms with Gasteiger partial charge < -0.3 is 5.32 Å². The molecular formula is C17H19NO3S. The van der Waals surface area contributed by atoms with Crippen molar-refractivity contribution in [1.29, 1.82) is 0 Å². The molecule has 22 heavy (non-hydrogen) atoms. The lowest BCUT2D eigenvalue weighted by Gasteiger charge is -2.11.